The summed E-state index contributed by atoms with van der Waals surface area (Å²) in [4.78, 5) is 7.67. The Morgan fingerprint density at radius 2 is 0.842 bits per heavy atom. The second-order valence-electron chi connectivity index (χ2n) is 21.8. The van der Waals surface area contributed by atoms with Crippen molar-refractivity contribution in [3.63, 3.8) is 0 Å². The number of hydrogen-bond acceptors (Lipinski definition) is 5. The molecular formula is C69H57B2N3O2. The van der Waals surface area contributed by atoms with Crippen LogP contribution in [0, 0.1) is 0 Å². The zero-order valence-electron chi connectivity index (χ0n) is 43.8. The van der Waals surface area contributed by atoms with Crippen LogP contribution in [0.2, 0.25) is 0 Å². The van der Waals surface area contributed by atoms with Crippen molar-refractivity contribution in [1.29, 1.82) is 0 Å². The van der Waals surface area contributed by atoms with Crippen molar-refractivity contribution in [2.45, 2.75) is 59.3 Å². The summed E-state index contributed by atoms with van der Waals surface area (Å²) in [5, 5.41) is 0. The minimum absolute atomic E-state index is 0.127. The molecule has 4 heterocycles. The standard InChI is InChI=1S/C69H57B2N3O2/c1-43(2)51-29-16-19-34-58(51)73-59-35-20-17-32-54(59)70-56-41-57-64(76-66-38-47(46-23-10-7-11-24-46)37-65-68(66)71(57)55-33-18-21-36-63(55)75-65)42-60(56)74(69-52(44(3)4)30-22-31-53(69)45(5)6)62-40-50(39-61(73)67(62)70)72(48-25-12-8-13-26-48)49-27-14-9-15-28-49/h7-45H,1-6H3. The van der Waals surface area contributed by atoms with Gasteiger partial charge in [-0.3, -0.25) is 0 Å². The first-order valence-electron chi connectivity index (χ1n) is 27.1. The maximum atomic E-state index is 7.44. The molecule has 0 saturated heterocycles. The highest BCUT2D eigenvalue weighted by molar-refractivity contribution is 7.02. The van der Waals surface area contributed by atoms with Gasteiger partial charge in [0.05, 0.1) is 11.4 Å². The van der Waals surface area contributed by atoms with Crippen LogP contribution in [0.4, 0.5) is 51.2 Å². The number of fused-ring (bicyclic) bond motifs is 8. The van der Waals surface area contributed by atoms with E-state index < -0.39 is 0 Å². The monoisotopic (exact) mass is 981 g/mol. The number of ether oxygens (including phenoxy) is 2. The van der Waals surface area contributed by atoms with Crippen LogP contribution in [-0.2, 0) is 0 Å². The summed E-state index contributed by atoms with van der Waals surface area (Å²) < 4.78 is 14.3. The SMILES string of the molecule is CC(C)c1ccccc1N1c2ccccc2B2c3cc4c(cc3N(c3c(C(C)C)cccc3C(C)C)c3cc(N(c5ccccc5)c5ccccc5)cc1c32)Oc1cc(-c2ccccc2)cc2c1B4c1ccccc1O2. The van der Waals surface area contributed by atoms with Gasteiger partial charge in [0.2, 0.25) is 0 Å². The fraction of sp³-hybridized carbons (Fsp3) is 0.130. The highest BCUT2D eigenvalue weighted by Gasteiger charge is 2.48. The highest BCUT2D eigenvalue weighted by Crippen LogP contribution is 2.52. The third kappa shape index (κ3) is 7.16. The lowest BCUT2D eigenvalue weighted by atomic mass is 9.31. The van der Waals surface area contributed by atoms with Gasteiger partial charge < -0.3 is 24.2 Å². The summed E-state index contributed by atoms with van der Waals surface area (Å²) in [6.07, 6.45) is 0. The first-order valence-corrected chi connectivity index (χ1v) is 27.1. The van der Waals surface area contributed by atoms with Gasteiger partial charge in [-0.2, -0.15) is 0 Å². The molecule has 0 N–H and O–H groups in total. The molecule has 4 aliphatic rings. The second kappa shape index (κ2) is 18.0. The molecule has 0 fully saturated rings. The molecular weight excluding hydrogens is 924 g/mol. The third-order valence-corrected chi connectivity index (χ3v) is 16.2. The Bertz CT molecular complexity index is 3850. The van der Waals surface area contributed by atoms with E-state index >= 15 is 0 Å². The Morgan fingerprint density at radius 1 is 0.329 bits per heavy atom. The number of nitrogens with zero attached hydrogens (tertiary/aromatic N) is 3. The Hall–Kier alpha value is -8.67. The van der Waals surface area contributed by atoms with Crippen LogP contribution < -0.4 is 57.0 Å². The molecule has 0 saturated carbocycles. The van der Waals surface area contributed by atoms with Crippen molar-refractivity contribution in [3.8, 4) is 34.1 Å². The van der Waals surface area contributed by atoms with Crippen molar-refractivity contribution in [2.24, 2.45) is 0 Å². The smallest absolute Gasteiger partial charge is 0.260 e. The van der Waals surface area contributed by atoms with E-state index in [0.29, 0.717) is 0 Å². The highest BCUT2D eigenvalue weighted by atomic mass is 16.5. The zero-order chi connectivity index (χ0) is 51.3. The van der Waals surface area contributed by atoms with Crippen LogP contribution in [0.5, 0.6) is 23.0 Å². The number of rotatable bonds is 9. The average Bonchev–Trinajstić information content (AvgIpc) is 3.47. The molecule has 10 aromatic rings. The van der Waals surface area contributed by atoms with Crippen LogP contribution in [0.3, 0.4) is 0 Å². The van der Waals surface area contributed by atoms with E-state index in [9.17, 15) is 0 Å². The molecule has 0 aliphatic carbocycles. The summed E-state index contributed by atoms with van der Waals surface area (Å²) in [7, 11) is 0. The Morgan fingerprint density at radius 3 is 1.49 bits per heavy atom. The zero-order valence-corrected chi connectivity index (χ0v) is 43.8. The minimum atomic E-state index is -0.138. The van der Waals surface area contributed by atoms with E-state index in [1.165, 1.54) is 50.1 Å². The number of para-hydroxylation sites is 6. The van der Waals surface area contributed by atoms with Crippen LogP contribution in [-0.4, -0.2) is 13.4 Å². The van der Waals surface area contributed by atoms with Crippen molar-refractivity contribution >= 4 is 97.4 Å². The van der Waals surface area contributed by atoms with Gasteiger partial charge in [0, 0.05) is 51.3 Å². The van der Waals surface area contributed by atoms with E-state index in [-0.39, 0.29) is 31.2 Å². The summed E-state index contributed by atoms with van der Waals surface area (Å²) in [6, 6.07) is 80.3. The lowest BCUT2D eigenvalue weighted by Gasteiger charge is -2.47. The van der Waals surface area contributed by atoms with Gasteiger partial charge in [0.25, 0.3) is 13.4 Å². The van der Waals surface area contributed by atoms with Gasteiger partial charge >= 0.3 is 0 Å². The van der Waals surface area contributed by atoms with Crippen LogP contribution in [0.25, 0.3) is 11.1 Å². The van der Waals surface area contributed by atoms with Crippen LogP contribution in [0.1, 0.15) is 76.0 Å². The molecule has 0 atom stereocenters. The van der Waals surface area contributed by atoms with Crippen molar-refractivity contribution in [3.05, 3.63) is 235 Å². The Labute approximate surface area is 447 Å². The normalized spacial score (nSPS) is 13.3. The molecule has 0 amide bonds. The topological polar surface area (TPSA) is 28.2 Å². The van der Waals surface area contributed by atoms with E-state index in [1.54, 1.807) is 0 Å². The predicted octanol–water partition coefficient (Wildman–Crippen LogP) is 15.0. The van der Waals surface area contributed by atoms with E-state index in [1.807, 2.05) is 0 Å². The van der Waals surface area contributed by atoms with Crippen LogP contribution in [0.15, 0.2) is 218 Å². The number of hydrogen-bond donors (Lipinski definition) is 0. The molecule has 5 nitrogen and oxygen atoms in total. The molecule has 7 heteroatoms. The molecule has 366 valence electrons. The molecule has 0 spiro atoms. The fourth-order valence-corrected chi connectivity index (χ4v) is 12.8. The minimum Gasteiger partial charge on any atom is -0.458 e. The molecule has 76 heavy (non-hydrogen) atoms. The van der Waals surface area contributed by atoms with Gasteiger partial charge in [-0.05, 0) is 140 Å². The van der Waals surface area contributed by atoms with E-state index in [2.05, 4.69) is 275 Å². The summed E-state index contributed by atoms with van der Waals surface area (Å²) in [5.74, 6) is 4.12. The summed E-state index contributed by atoms with van der Waals surface area (Å²) in [6.45, 7) is 13.7. The van der Waals surface area contributed by atoms with Gasteiger partial charge in [-0.1, -0.05) is 187 Å². The molecule has 14 rings (SSSR count). The predicted molar refractivity (Wildman–Crippen MR) is 321 cm³/mol. The Kier molecular flexibility index (Phi) is 10.9. The maximum Gasteiger partial charge on any atom is 0.260 e. The molecule has 0 bridgehead atoms. The second-order valence-corrected chi connectivity index (χ2v) is 21.8. The van der Waals surface area contributed by atoms with Crippen LogP contribution >= 0.6 is 0 Å². The number of benzene rings is 10. The van der Waals surface area contributed by atoms with Crippen molar-refractivity contribution < 1.29 is 9.47 Å². The summed E-state index contributed by atoms with van der Waals surface area (Å²) in [5.41, 5.74) is 23.5. The molecule has 0 radical (unpaired) electrons. The molecule has 0 aromatic heterocycles. The van der Waals surface area contributed by atoms with E-state index in [0.717, 1.165) is 84.6 Å². The van der Waals surface area contributed by atoms with Gasteiger partial charge in [-0.25, -0.2) is 0 Å². The maximum absolute atomic E-state index is 7.44. The van der Waals surface area contributed by atoms with Gasteiger partial charge in [0.1, 0.15) is 23.0 Å². The summed E-state index contributed by atoms with van der Waals surface area (Å²) >= 11 is 0. The fourth-order valence-electron chi connectivity index (χ4n) is 12.8. The Balaban J connectivity index is 1.12. The van der Waals surface area contributed by atoms with Crippen molar-refractivity contribution in [2.75, 3.05) is 14.7 Å². The number of anilines is 9. The lowest BCUT2D eigenvalue weighted by Crippen LogP contribution is -2.64. The first kappa shape index (κ1) is 45.9. The quantitative estimate of drug-likeness (QED) is 0.134. The van der Waals surface area contributed by atoms with Gasteiger partial charge in [-0.15, -0.1) is 0 Å². The van der Waals surface area contributed by atoms with Gasteiger partial charge in [0.15, 0.2) is 0 Å². The van der Waals surface area contributed by atoms with E-state index in [4.69, 9.17) is 9.47 Å². The third-order valence-electron chi connectivity index (χ3n) is 16.2. The molecule has 10 aromatic carbocycles. The largest absolute Gasteiger partial charge is 0.458 e. The average molecular weight is 982 g/mol. The molecule has 0 unspecified atom stereocenters. The lowest BCUT2D eigenvalue weighted by molar-refractivity contribution is 0.465. The van der Waals surface area contributed by atoms with Crippen molar-refractivity contribution in [1.82, 2.24) is 0 Å². The molecule has 4 aliphatic heterocycles. The first-order chi connectivity index (χ1) is 37.2.